The Kier molecular flexibility index (Phi) is 4.87. The minimum absolute atomic E-state index is 0.289. The zero-order chi connectivity index (χ0) is 17.8. The molecule has 25 heavy (non-hydrogen) atoms. The van der Waals surface area contributed by atoms with Crippen molar-refractivity contribution in [3.8, 4) is 23.8 Å². The van der Waals surface area contributed by atoms with E-state index in [1.54, 1.807) is 18.2 Å². The van der Waals surface area contributed by atoms with Crippen LogP contribution in [0.1, 0.15) is 10.4 Å². The first-order valence-corrected chi connectivity index (χ1v) is 8.33. The summed E-state index contributed by atoms with van der Waals surface area (Å²) in [6, 6.07) is 12.9. The fraction of sp³-hybridized carbons (Fsp3) is 0.158. The summed E-state index contributed by atoms with van der Waals surface area (Å²) in [5.41, 5.74) is 1.24. The van der Waals surface area contributed by atoms with E-state index < -0.39 is 5.91 Å². The highest BCUT2D eigenvalue weighted by molar-refractivity contribution is 7.16. The lowest BCUT2D eigenvalue weighted by atomic mass is 10.1. The predicted molar refractivity (Wildman–Crippen MR) is 98.1 cm³/mol. The van der Waals surface area contributed by atoms with Gasteiger partial charge in [0.1, 0.15) is 17.1 Å². The van der Waals surface area contributed by atoms with Crippen molar-refractivity contribution in [3.63, 3.8) is 0 Å². The normalized spacial score (nSPS) is 11.3. The fourth-order valence-electron chi connectivity index (χ4n) is 2.55. The van der Waals surface area contributed by atoms with Gasteiger partial charge in [-0.25, -0.2) is 0 Å². The van der Waals surface area contributed by atoms with E-state index in [9.17, 15) is 4.79 Å². The number of aromatic nitrogens is 1. The Balaban J connectivity index is 2.20. The van der Waals surface area contributed by atoms with Gasteiger partial charge in [-0.15, -0.1) is 6.42 Å². The fourth-order valence-corrected chi connectivity index (χ4v) is 3.58. The lowest BCUT2D eigenvalue weighted by molar-refractivity contribution is 0.0992. The number of amides is 1. The van der Waals surface area contributed by atoms with Gasteiger partial charge in [0, 0.05) is 0 Å². The summed E-state index contributed by atoms with van der Waals surface area (Å²) in [7, 11) is 3.01. The van der Waals surface area contributed by atoms with Gasteiger partial charge in [-0.05, 0) is 24.3 Å². The van der Waals surface area contributed by atoms with Gasteiger partial charge in [0.05, 0.1) is 31.0 Å². The molecule has 0 aliphatic carbocycles. The van der Waals surface area contributed by atoms with Gasteiger partial charge in [-0.3, -0.25) is 4.79 Å². The Morgan fingerprint density at radius 2 is 1.84 bits per heavy atom. The van der Waals surface area contributed by atoms with E-state index in [4.69, 9.17) is 15.9 Å². The van der Waals surface area contributed by atoms with Crippen LogP contribution in [-0.2, 0) is 6.54 Å². The molecule has 0 spiro atoms. The van der Waals surface area contributed by atoms with Crippen molar-refractivity contribution in [2.45, 2.75) is 6.54 Å². The Bertz CT molecular complexity index is 1020. The molecular weight excluding hydrogens is 336 g/mol. The summed E-state index contributed by atoms with van der Waals surface area (Å²) >= 11 is 1.41. The smallest absolute Gasteiger partial charge is 0.287 e. The van der Waals surface area contributed by atoms with Gasteiger partial charge in [0.15, 0.2) is 4.80 Å². The molecule has 3 rings (SSSR count). The molecule has 0 aliphatic heterocycles. The van der Waals surface area contributed by atoms with E-state index >= 15 is 0 Å². The average Bonchev–Trinajstić information content (AvgIpc) is 2.98. The first-order valence-electron chi connectivity index (χ1n) is 7.51. The molecule has 0 unspecified atom stereocenters. The Morgan fingerprint density at radius 1 is 1.16 bits per heavy atom. The largest absolute Gasteiger partial charge is 0.496 e. The number of benzene rings is 2. The minimum atomic E-state index is -0.438. The SMILES string of the molecule is C#CCn1c(=NC(=O)c2c(OC)cccc2OC)sc2ccccc21. The first kappa shape index (κ1) is 16.8. The Hall–Kier alpha value is -3.04. The van der Waals surface area contributed by atoms with Crippen LogP contribution in [0.4, 0.5) is 0 Å². The van der Waals surface area contributed by atoms with Crippen molar-refractivity contribution in [2.75, 3.05) is 14.2 Å². The van der Waals surface area contributed by atoms with Gasteiger partial charge in [0.25, 0.3) is 5.91 Å². The number of nitrogens with zero attached hydrogens (tertiary/aromatic N) is 2. The van der Waals surface area contributed by atoms with E-state index in [0.29, 0.717) is 22.8 Å². The zero-order valence-electron chi connectivity index (χ0n) is 13.9. The van der Waals surface area contributed by atoms with Gasteiger partial charge >= 0.3 is 0 Å². The molecule has 0 bridgehead atoms. The maximum Gasteiger partial charge on any atom is 0.287 e. The number of methoxy groups -OCH3 is 2. The molecule has 0 N–H and O–H groups in total. The molecule has 1 amide bonds. The molecule has 1 heterocycles. The molecule has 2 aromatic carbocycles. The molecular formula is C19H16N2O3S. The van der Waals surface area contributed by atoms with E-state index in [-0.39, 0.29) is 5.56 Å². The second-order valence-corrected chi connectivity index (χ2v) is 6.11. The van der Waals surface area contributed by atoms with Gasteiger partial charge in [-0.1, -0.05) is 35.5 Å². The molecule has 1 aromatic heterocycles. The number of carbonyl (C=O) groups excluding carboxylic acids is 1. The van der Waals surface area contributed by atoms with Crippen LogP contribution in [0.25, 0.3) is 10.2 Å². The summed E-state index contributed by atoms with van der Waals surface area (Å²) < 4.78 is 13.4. The molecule has 0 saturated heterocycles. The van der Waals surface area contributed by atoms with Gasteiger partial charge in [-0.2, -0.15) is 4.99 Å². The molecule has 0 atom stereocenters. The molecule has 0 fully saturated rings. The monoisotopic (exact) mass is 352 g/mol. The van der Waals surface area contributed by atoms with Crippen molar-refractivity contribution >= 4 is 27.5 Å². The van der Waals surface area contributed by atoms with Crippen LogP contribution < -0.4 is 14.3 Å². The molecule has 0 radical (unpaired) electrons. The lowest BCUT2D eigenvalue weighted by Gasteiger charge is -2.09. The number of hydrogen-bond donors (Lipinski definition) is 0. The molecule has 6 heteroatoms. The number of hydrogen-bond acceptors (Lipinski definition) is 4. The van der Waals surface area contributed by atoms with Crippen molar-refractivity contribution in [2.24, 2.45) is 4.99 Å². The third-order valence-corrected chi connectivity index (χ3v) is 4.74. The standard InChI is InChI=1S/C19H16N2O3S/c1-4-12-21-13-8-5-6-11-16(13)25-19(21)20-18(22)17-14(23-2)9-7-10-15(17)24-3/h1,5-11H,12H2,2-3H3. The average molecular weight is 352 g/mol. The van der Waals surface area contributed by atoms with Crippen molar-refractivity contribution < 1.29 is 14.3 Å². The summed E-state index contributed by atoms with van der Waals surface area (Å²) in [5, 5.41) is 0. The quantitative estimate of drug-likeness (QED) is 0.678. The first-order chi connectivity index (χ1) is 12.2. The van der Waals surface area contributed by atoms with Crippen molar-refractivity contribution in [1.29, 1.82) is 0 Å². The Morgan fingerprint density at radius 3 is 2.48 bits per heavy atom. The van der Waals surface area contributed by atoms with Crippen LogP contribution in [0.3, 0.4) is 0 Å². The summed E-state index contributed by atoms with van der Waals surface area (Å²) in [6.07, 6.45) is 5.48. The van der Waals surface area contributed by atoms with Crippen LogP contribution in [0.5, 0.6) is 11.5 Å². The van der Waals surface area contributed by atoms with Crippen LogP contribution in [-0.4, -0.2) is 24.7 Å². The number of fused-ring (bicyclic) bond motifs is 1. The highest BCUT2D eigenvalue weighted by Gasteiger charge is 2.18. The number of ether oxygens (including phenoxy) is 2. The molecule has 0 aliphatic rings. The topological polar surface area (TPSA) is 52.8 Å². The molecule has 5 nitrogen and oxygen atoms in total. The zero-order valence-corrected chi connectivity index (χ0v) is 14.7. The lowest BCUT2D eigenvalue weighted by Crippen LogP contribution is -2.17. The second-order valence-electron chi connectivity index (χ2n) is 5.10. The summed E-state index contributed by atoms with van der Waals surface area (Å²) in [6.45, 7) is 0.333. The van der Waals surface area contributed by atoms with E-state index in [1.807, 2.05) is 28.8 Å². The predicted octanol–water partition coefficient (Wildman–Crippen LogP) is 3.09. The van der Waals surface area contributed by atoms with Crippen LogP contribution in [0.15, 0.2) is 47.5 Å². The van der Waals surface area contributed by atoms with Crippen molar-refractivity contribution in [3.05, 3.63) is 52.8 Å². The van der Waals surface area contributed by atoms with Gasteiger partial charge in [0.2, 0.25) is 0 Å². The summed E-state index contributed by atoms with van der Waals surface area (Å²) in [4.78, 5) is 17.7. The number of para-hydroxylation sites is 1. The van der Waals surface area contributed by atoms with E-state index in [1.165, 1.54) is 25.6 Å². The van der Waals surface area contributed by atoms with E-state index in [0.717, 1.165) is 10.2 Å². The third kappa shape index (κ3) is 3.14. The minimum Gasteiger partial charge on any atom is -0.496 e. The number of rotatable bonds is 4. The summed E-state index contributed by atoms with van der Waals surface area (Å²) in [5.74, 6) is 3.00. The number of thiazole rings is 1. The Labute approximate surface area is 149 Å². The number of terminal acetylenes is 1. The maximum atomic E-state index is 12.8. The van der Waals surface area contributed by atoms with Crippen molar-refractivity contribution in [1.82, 2.24) is 4.57 Å². The van der Waals surface area contributed by atoms with Crippen LogP contribution >= 0.6 is 11.3 Å². The second kappa shape index (κ2) is 7.24. The molecule has 3 aromatic rings. The highest BCUT2D eigenvalue weighted by atomic mass is 32.1. The molecule has 126 valence electrons. The molecule has 0 saturated carbocycles. The van der Waals surface area contributed by atoms with Crippen LogP contribution in [0.2, 0.25) is 0 Å². The van der Waals surface area contributed by atoms with Gasteiger partial charge < -0.3 is 14.0 Å². The van der Waals surface area contributed by atoms with Crippen LogP contribution in [0, 0.1) is 12.3 Å². The maximum absolute atomic E-state index is 12.8. The van der Waals surface area contributed by atoms with E-state index in [2.05, 4.69) is 10.9 Å². The highest BCUT2D eigenvalue weighted by Crippen LogP contribution is 2.29. The third-order valence-electron chi connectivity index (χ3n) is 3.68. The number of carbonyl (C=O) groups is 1.